The second-order valence-corrected chi connectivity index (χ2v) is 9.92. The predicted octanol–water partition coefficient (Wildman–Crippen LogP) is 3.56. The first-order valence-electron chi connectivity index (χ1n) is 8.02. The van der Waals surface area contributed by atoms with Crippen LogP contribution in [0.1, 0.15) is 23.3 Å². The van der Waals surface area contributed by atoms with E-state index in [2.05, 4.69) is 27.6 Å². The van der Waals surface area contributed by atoms with Crippen molar-refractivity contribution < 1.29 is 8.42 Å². The Labute approximate surface area is 146 Å². The molecule has 4 nitrogen and oxygen atoms in total. The number of para-hydroxylation sites is 1. The maximum Gasteiger partial charge on any atom is 0.250 e. The summed E-state index contributed by atoms with van der Waals surface area (Å²) in [6.45, 7) is 2.38. The van der Waals surface area contributed by atoms with Gasteiger partial charge in [-0.15, -0.1) is 11.3 Å². The molecule has 0 spiro atoms. The third kappa shape index (κ3) is 2.59. The lowest BCUT2D eigenvalue weighted by molar-refractivity contribution is 0.569. The number of thiophene rings is 1. The van der Waals surface area contributed by atoms with Crippen LogP contribution in [-0.2, 0) is 22.5 Å². The van der Waals surface area contributed by atoms with E-state index >= 15 is 0 Å². The normalized spacial score (nSPS) is 16.6. The Bertz CT molecular complexity index is 1010. The van der Waals surface area contributed by atoms with E-state index in [4.69, 9.17) is 0 Å². The zero-order valence-corrected chi connectivity index (χ0v) is 15.4. The van der Waals surface area contributed by atoms with Crippen molar-refractivity contribution in [3.63, 3.8) is 0 Å². The first-order valence-corrected chi connectivity index (χ1v) is 10.3. The van der Waals surface area contributed by atoms with Crippen LogP contribution in [-0.4, -0.2) is 19.5 Å². The van der Waals surface area contributed by atoms with E-state index in [0.29, 0.717) is 10.8 Å². The third-order valence-corrected chi connectivity index (χ3v) is 7.80. The Kier molecular flexibility index (Phi) is 3.60. The van der Waals surface area contributed by atoms with Gasteiger partial charge in [0.05, 0.1) is 0 Å². The molecule has 1 aromatic carbocycles. The summed E-state index contributed by atoms with van der Waals surface area (Å²) in [5.41, 5.74) is 2.38. The molecule has 0 radical (unpaired) electrons. The number of nitrogens with one attached hydrogen (secondary N) is 1. The monoisotopic (exact) mass is 360 g/mol. The van der Waals surface area contributed by atoms with Gasteiger partial charge in [-0.2, -0.15) is 0 Å². The van der Waals surface area contributed by atoms with Crippen molar-refractivity contribution >= 4 is 32.3 Å². The second-order valence-electron chi connectivity index (χ2n) is 6.64. The summed E-state index contributed by atoms with van der Waals surface area (Å²) in [6, 6.07) is 11.8. The van der Waals surface area contributed by atoms with Gasteiger partial charge in [-0.3, -0.25) is 0 Å². The lowest BCUT2D eigenvalue weighted by Crippen LogP contribution is -2.31. The van der Waals surface area contributed by atoms with Gasteiger partial charge in [0, 0.05) is 41.0 Å². The Hall–Kier alpha value is -1.63. The van der Waals surface area contributed by atoms with Gasteiger partial charge in [-0.25, -0.2) is 13.1 Å². The summed E-state index contributed by atoms with van der Waals surface area (Å²) in [6.07, 6.45) is 4.20. The van der Waals surface area contributed by atoms with Crippen LogP contribution in [0.3, 0.4) is 0 Å². The van der Waals surface area contributed by atoms with E-state index in [-0.39, 0.29) is 5.41 Å². The summed E-state index contributed by atoms with van der Waals surface area (Å²) >= 11 is 1.31. The molecule has 2 heterocycles. The Balaban J connectivity index is 1.62. The van der Waals surface area contributed by atoms with Gasteiger partial charge < -0.3 is 4.57 Å². The highest BCUT2D eigenvalue weighted by molar-refractivity contribution is 7.91. The summed E-state index contributed by atoms with van der Waals surface area (Å²) in [7, 11) is -1.38. The van der Waals surface area contributed by atoms with E-state index in [0.717, 1.165) is 17.7 Å². The van der Waals surface area contributed by atoms with Gasteiger partial charge in [0.15, 0.2) is 0 Å². The maximum atomic E-state index is 12.5. The molecule has 4 rings (SSSR count). The highest BCUT2D eigenvalue weighted by atomic mass is 32.2. The molecule has 126 valence electrons. The van der Waals surface area contributed by atoms with Crippen LogP contribution in [0.15, 0.2) is 46.8 Å². The van der Waals surface area contributed by atoms with Crippen molar-refractivity contribution in [1.29, 1.82) is 0 Å². The van der Waals surface area contributed by atoms with E-state index < -0.39 is 10.0 Å². The molecule has 6 heteroatoms. The molecular weight excluding hydrogens is 340 g/mol. The summed E-state index contributed by atoms with van der Waals surface area (Å²) in [5, 5.41) is 1.23. The van der Waals surface area contributed by atoms with E-state index in [9.17, 15) is 8.42 Å². The minimum atomic E-state index is -3.43. The van der Waals surface area contributed by atoms with Crippen LogP contribution < -0.4 is 4.72 Å². The molecule has 0 bridgehead atoms. The molecular formula is C18H20N2O2S2. The van der Waals surface area contributed by atoms with Crippen molar-refractivity contribution in [3.05, 3.63) is 53.0 Å². The minimum Gasteiger partial charge on any atom is -0.350 e. The molecule has 1 saturated carbocycles. The molecule has 1 N–H and O–H groups in total. The largest absolute Gasteiger partial charge is 0.350 e. The van der Waals surface area contributed by atoms with Gasteiger partial charge in [0.2, 0.25) is 10.0 Å². The summed E-state index contributed by atoms with van der Waals surface area (Å²) in [4.78, 5) is 1.01. The molecule has 0 unspecified atom stereocenters. The SMILES string of the molecule is Cc1ccc(S(=O)(=O)NCC2(c3cn(C)c4ccccc34)CC2)s1. The van der Waals surface area contributed by atoms with Crippen LogP contribution in [0.25, 0.3) is 10.9 Å². The van der Waals surface area contributed by atoms with Crippen molar-refractivity contribution in [2.75, 3.05) is 6.54 Å². The van der Waals surface area contributed by atoms with Gasteiger partial charge in [-0.1, -0.05) is 18.2 Å². The van der Waals surface area contributed by atoms with Crippen LogP contribution in [0.4, 0.5) is 0 Å². The molecule has 0 aliphatic heterocycles. The molecule has 1 aliphatic rings. The summed E-state index contributed by atoms with van der Waals surface area (Å²) < 4.78 is 30.4. The topological polar surface area (TPSA) is 51.1 Å². The van der Waals surface area contributed by atoms with Crippen LogP contribution in [0, 0.1) is 6.92 Å². The predicted molar refractivity (Wildman–Crippen MR) is 98.1 cm³/mol. The fourth-order valence-electron chi connectivity index (χ4n) is 3.32. The number of rotatable bonds is 5. The fourth-order valence-corrected chi connectivity index (χ4v) is 5.77. The standard InChI is InChI=1S/C18H20N2O2S2/c1-13-7-8-17(23-13)24(21,22)19-12-18(9-10-18)15-11-20(2)16-6-4-3-5-14(15)16/h3-8,11,19H,9-10,12H2,1-2H3. The average Bonchev–Trinajstić information content (AvgIpc) is 3.10. The Morgan fingerprint density at radius 1 is 1.21 bits per heavy atom. The molecule has 0 saturated heterocycles. The fraction of sp³-hybridized carbons (Fsp3) is 0.333. The van der Waals surface area contributed by atoms with Crippen LogP contribution in [0.5, 0.6) is 0 Å². The number of aromatic nitrogens is 1. The van der Waals surface area contributed by atoms with Crippen LogP contribution in [0.2, 0.25) is 0 Å². The second kappa shape index (κ2) is 5.44. The van der Waals surface area contributed by atoms with E-state index in [1.807, 2.05) is 32.2 Å². The molecule has 0 atom stereocenters. The molecule has 24 heavy (non-hydrogen) atoms. The number of aryl methyl sites for hydroxylation is 2. The highest BCUT2D eigenvalue weighted by Crippen LogP contribution is 2.50. The molecule has 1 fully saturated rings. The highest BCUT2D eigenvalue weighted by Gasteiger charge is 2.46. The van der Waals surface area contributed by atoms with Crippen molar-refractivity contribution in [2.45, 2.75) is 29.4 Å². The smallest absolute Gasteiger partial charge is 0.250 e. The van der Waals surface area contributed by atoms with Crippen molar-refractivity contribution in [2.24, 2.45) is 7.05 Å². The minimum absolute atomic E-state index is 0.0692. The maximum absolute atomic E-state index is 12.5. The van der Waals surface area contributed by atoms with Crippen molar-refractivity contribution in [3.8, 4) is 0 Å². The third-order valence-electron chi connectivity index (χ3n) is 4.90. The molecule has 0 amide bonds. The van der Waals surface area contributed by atoms with Gasteiger partial charge >= 0.3 is 0 Å². The number of sulfonamides is 1. The first-order chi connectivity index (χ1) is 11.4. The van der Waals surface area contributed by atoms with E-state index in [1.54, 1.807) is 6.07 Å². The van der Waals surface area contributed by atoms with Gasteiger partial charge in [-0.05, 0) is 43.5 Å². The zero-order chi connectivity index (χ0) is 16.9. The van der Waals surface area contributed by atoms with Gasteiger partial charge in [0.25, 0.3) is 0 Å². The summed E-state index contributed by atoms with van der Waals surface area (Å²) in [5.74, 6) is 0. The van der Waals surface area contributed by atoms with Gasteiger partial charge in [0.1, 0.15) is 4.21 Å². The number of hydrogen-bond donors (Lipinski definition) is 1. The first kappa shape index (κ1) is 15.9. The molecule has 1 aliphatic carbocycles. The Morgan fingerprint density at radius 2 is 1.96 bits per heavy atom. The number of hydrogen-bond acceptors (Lipinski definition) is 3. The zero-order valence-electron chi connectivity index (χ0n) is 13.7. The lowest BCUT2D eigenvalue weighted by Gasteiger charge is -2.15. The molecule has 2 aromatic heterocycles. The Morgan fingerprint density at radius 3 is 2.62 bits per heavy atom. The lowest BCUT2D eigenvalue weighted by atomic mass is 9.96. The van der Waals surface area contributed by atoms with E-state index in [1.165, 1.54) is 27.8 Å². The number of fused-ring (bicyclic) bond motifs is 1. The quantitative estimate of drug-likeness (QED) is 0.756. The number of nitrogens with zero attached hydrogens (tertiary/aromatic N) is 1. The molecule has 3 aromatic rings. The van der Waals surface area contributed by atoms with Crippen LogP contribution >= 0.6 is 11.3 Å². The average molecular weight is 361 g/mol. The number of benzene rings is 1. The van der Waals surface area contributed by atoms with Crippen molar-refractivity contribution in [1.82, 2.24) is 9.29 Å².